The number of nitrogens with one attached hydrogen (secondary N) is 1. The molecule has 0 aliphatic rings. The second-order valence-corrected chi connectivity index (χ2v) is 4.15. The van der Waals surface area contributed by atoms with E-state index in [0.717, 1.165) is 11.3 Å². The van der Waals surface area contributed by atoms with E-state index in [9.17, 15) is 4.79 Å². The third-order valence-electron chi connectivity index (χ3n) is 2.80. The van der Waals surface area contributed by atoms with Crippen molar-refractivity contribution in [3.63, 3.8) is 0 Å². The van der Waals surface area contributed by atoms with Crippen LogP contribution in [0.3, 0.4) is 0 Å². The minimum Gasteiger partial charge on any atom is -0.494 e. The van der Waals surface area contributed by atoms with Crippen LogP contribution in [0.2, 0.25) is 0 Å². The minimum atomic E-state index is -0.739. The summed E-state index contributed by atoms with van der Waals surface area (Å²) < 4.78 is 5.35. The number of hydrogen-bond donors (Lipinski definition) is 2. The topological polar surface area (TPSA) is 58.6 Å². The largest absolute Gasteiger partial charge is 0.494 e. The molecule has 0 saturated heterocycles. The molecule has 0 spiro atoms. The highest BCUT2D eigenvalue weighted by atomic mass is 16.5. The zero-order valence-electron chi connectivity index (χ0n) is 11.0. The smallest absolute Gasteiger partial charge is 0.307 e. The molecule has 1 unspecified atom stereocenters. The zero-order valence-corrected chi connectivity index (χ0v) is 11.0. The van der Waals surface area contributed by atoms with Crippen molar-refractivity contribution in [1.29, 1.82) is 0 Å². The number of carboxylic acid groups (broad SMARTS) is 1. The normalized spacial score (nSPS) is 12.1. The summed E-state index contributed by atoms with van der Waals surface area (Å²) in [5.74, 6) is -0.192. The van der Waals surface area contributed by atoms with Crippen molar-refractivity contribution in [2.75, 3.05) is 13.2 Å². The van der Waals surface area contributed by atoms with E-state index in [1.807, 2.05) is 38.1 Å². The van der Waals surface area contributed by atoms with Crippen LogP contribution in [0, 0.1) is 5.92 Å². The second-order valence-electron chi connectivity index (χ2n) is 4.15. The van der Waals surface area contributed by atoms with Gasteiger partial charge in [0.25, 0.3) is 0 Å². The number of aliphatic carboxylic acids is 1. The molecule has 0 bridgehead atoms. The number of carbonyl (C=O) groups is 1. The predicted octanol–water partition coefficient (Wildman–Crippen LogP) is 2.29. The molecule has 4 heteroatoms. The van der Waals surface area contributed by atoms with Crippen molar-refractivity contribution in [2.45, 2.75) is 26.8 Å². The Morgan fingerprint density at radius 3 is 2.50 bits per heavy atom. The molecule has 0 radical (unpaired) electrons. The fourth-order valence-electron chi connectivity index (χ4n) is 1.67. The third-order valence-corrected chi connectivity index (χ3v) is 2.80. The Kier molecular flexibility index (Phi) is 6.22. The lowest BCUT2D eigenvalue weighted by Gasteiger charge is -2.11. The maximum atomic E-state index is 10.8. The van der Waals surface area contributed by atoms with Gasteiger partial charge >= 0.3 is 5.97 Å². The maximum absolute atomic E-state index is 10.8. The third kappa shape index (κ3) is 4.75. The molecule has 2 N–H and O–H groups in total. The van der Waals surface area contributed by atoms with Crippen LogP contribution in [0.1, 0.15) is 25.8 Å². The van der Waals surface area contributed by atoms with Gasteiger partial charge in [0.2, 0.25) is 0 Å². The predicted molar refractivity (Wildman–Crippen MR) is 70.7 cm³/mol. The van der Waals surface area contributed by atoms with Crippen molar-refractivity contribution in [3.05, 3.63) is 29.8 Å². The summed E-state index contributed by atoms with van der Waals surface area (Å²) in [6, 6.07) is 7.82. The van der Waals surface area contributed by atoms with Gasteiger partial charge < -0.3 is 15.2 Å². The highest BCUT2D eigenvalue weighted by Gasteiger charge is 2.13. The van der Waals surface area contributed by atoms with E-state index >= 15 is 0 Å². The Morgan fingerprint density at radius 1 is 1.33 bits per heavy atom. The van der Waals surface area contributed by atoms with E-state index in [1.54, 1.807) is 0 Å². The molecule has 0 aliphatic carbocycles. The quantitative estimate of drug-likeness (QED) is 0.744. The number of carboxylic acids is 1. The van der Waals surface area contributed by atoms with Crippen LogP contribution in [0.25, 0.3) is 0 Å². The SMILES string of the molecule is CCOc1ccc(CNCC(CC)C(=O)O)cc1. The van der Waals surface area contributed by atoms with Gasteiger partial charge in [0.05, 0.1) is 12.5 Å². The summed E-state index contributed by atoms with van der Waals surface area (Å²) in [5.41, 5.74) is 1.12. The highest BCUT2D eigenvalue weighted by molar-refractivity contribution is 5.70. The first-order valence-corrected chi connectivity index (χ1v) is 6.32. The van der Waals surface area contributed by atoms with E-state index in [4.69, 9.17) is 9.84 Å². The van der Waals surface area contributed by atoms with Crippen LogP contribution in [-0.2, 0) is 11.3 Å². The number of ether oxygens (including phenoxy) is 1. The average Bonchev–Trinajstić information content (AvgIpc) is 2.36. The highest BCUT2D eigenvalue weighted by Crippen LogP contribution is 2.12. The zero-order chi connectivity index (χ0) is 13.4. The Hall–Kier alpha value is -1.55. The molecule has 0 aliphatic heterocycles. The summed E-state index contributed by atoms with van der Waals surface area (Å²) >= 11 is 0. The second kappa shape index (κ2) is 7.71. The minimum absolute atomic E-state index is 0.312. The number of rotatable bonds is 8. The average molecular weight is 251 g/mol. The Balaban J connectivity index is 2.37. The molecular weight excluding hydrogens is 230 g/mol. The van der Waals surface area contributed by atoms with Crippen molar-refractivity contribution in [2.24, 2.45) is 5.92 Å². The van der Waals surface area contributed by atoms with Crippen molar-refractivity contribution in [1.82, 2.24) is 5.32 Å². The molecule has 1 rings (SSSR count). The van der Waals surface area contributed by atoms with Gasteiger partial charge in [-0.1, -0.05) is 19.1 Å². The summed E-state index contributed by atoms with van der Waals surface area (Å²) in [6.45, 7) is 5.67. The first-order valence-electron chi connectivity index (χ1n) is 6.32. The molecule has 0 amide bonds. The molecule has 0 aromatic heterocycles. The molecule has 1 aromatic carbocycles. The molecule has 1 atom stereocenters. The molecule has 100 valence electrons. The van der Waals surface area contributed by atoms with E-state index in [0.29, 0.717) is 26.1 Å². The van der Waals surface area contributed by atoms with E-state index in [-0.39, 0.29) is 5.92 Å². The van der Waals surface area contributed by atoms with Gasteiger partial charge in [-0.25, -0.2) is 0 Å². The Morgan fingerprint density at radius 2 is 2.00 bits per heavy atom. The van der Waals surface area contributed by atoms with Gasteiger partial charge in [-0.3, -0.25) is 4.79 Å². The van der Waals surface area contributed by atoms with Gasteiger partial charge in [-0.15, -0.1) is 0 Å². The number of hydrogen-bond acceptors (Lipinski definition) is 3. The van der Waals surface area contributed by atoms with Gasteiger partial charge in [0.15, 0.2) is 0 Å². The van der Waals surface area contributed by atoms with E-state index < -0.39 is 5.97 Å². The molecular formula is C14H21NO3. The van der Waals surface area contributed by atoms with Crippen molar-refractivity contribution < 1.29 is 14.6 Å². The lowest BCUT2D eigenvalue weighted by Crippen LogP contribution is -2.27. The van der Waals surface area contributed by atoms with Crippen LogP contribution in [0.4, 0.5) is 0 Å². The van der Waals surface area contributed by atoms with Crippen LogP contribution in [0.15, 0.2) is 24.3 Å². The monoisotopic (exact) mass is 251 g/mol. The molecule has 4 nitrogen and oxygen atoms in total. The van der Waals surface area contributed by atoms with Crippen molar-refractivity contribution in [3.8, 4) is 5.75 Å². The fraction of sp³-hybridized carbons (Fsp3) is 0.500. The lowest BCUT2D eigenvalue weighted by atomic mass is 10.1. The van der Waals surface area contributed by atoms with Gasteiger partial charge in [0, 0.05) is 13.1 Å². The van der Waals surface area contributed by atoms with Gasteiger partial charge in [-0.05, 0) is 31.0 Å². The fourth-order valence-corrected chi connectivity index (χ4v) is 1.67. The molecule has 18 heavy (non-hydrogen) atoms. The van der Waals surface area contributed by atoms with E-state index in [1.165, 1.54) is 0 Å². The van der Waals surface area contributed by atoms with Crippen LogP contribution >= 0.6 is 0 Å². The Labute approximate surface area is 108 Å². The van der Waals surface area contributed by atoms with Gasteiger partial charge in [-0.2, -0.15) is 0 Å². The van der Waals surface area contributed by atoms with Crippen LogP contribution < -0.4 is 10.1 Å². The Bertz CT molecular complexity index is 362. The van der Waals surface area contributed by atoms with E-state index in [2.05, 4.69) is 5.32 Å². The summed E-state index contributed by atoms with van der Waals surface area (Å²) in [6.07, 6.45) is 0.644. The van der Waals surface area contributed by atoms with Crippen LogP contribution in [0.5, 0.6) is 5.75 Å². The van der Waals surface area contributed by atoms with Crippen LogP contribution in [-0.4, -0.2) is 24.2 Å². The summed E-state index contributed by atoms with van der Waals surface area (Å²) in [4.78, 5) is 10.8. The summed E-state index contributed by atoms with van der Waals surface area (Å²) in [5, 5.41) is 12.1. The summed E-state index contributed by atoms with van der Waals surface area (Å²) in [7, 11) is 0. The standard InChI is InChI=1S/C14H21NO3/c1-3-12(14(16)17)10-15-9-11-5-7-13(8-6-11)18-4-2/h5-8,12,15H,3-4,9-10H2,1-2H3,(H,16,17). The maximum Gasteiger partial charge on any atom is 0.307 e. The first kappa shape index (κ1) is 14.5. The molecule has 0 fully saturated rings. The van der Waals surface area contributed by atoms with Crippen molar-refractivity contribution >= 4 is 5.97 Å². The molecule has 0 heterocycles. The molecule has 0 saturated carbocycles. The van der Waals surface area contributed by atoms with Gasteiger partial charge in [0.1, 0.15) is 5.75 Å². The number of benzene rings is 1. The molecule has 1 aromatic rings. The lowest BCUT2D eigenvalue weighted by molar-refractivity contribution is -0.141. The first-order chi connectivity index (χ1) is 8.67.